The Morgan fingerprint density at radius 2 is 1.94 bits per heavy atom. The normalized spacial score (nSPS) is 22.8. The fourth-order valence-electron chi connectivity index (χ4n) is 3.08. The van der Waals surface area contributed by atoms with Crippen LogP contribution in [-0.2, 0) is 6.54 Å². The van der Waals surface area contributed by atoms with Crippen LogP contribution in [0.2, 0.25) is 0 Å². The predicted molar refractivity (Wildman–Crippen MR) is 76.0 cm³/mol. The van der Waals surface area contributed by atoms with Crippen LogP contribution in [0.4, 0.5) is 5.13 Å². The lowest BCUT2D eigenvalue weighted by molar-refractivity contribution is 0.187. The fourth-order valence-corrected chi connectivity index (χ4v) is 3.98. The van der Waals surface area contributed by atoms with Crippen molar-refractivity contribution in [3.8, 4) is 0 Å². The molecule has 1 aromatic rings. The second-order valence-corrected chi connectivity index (χ2v) is 6.12. The van der Waals surface area contributed by atoms with Gasteiger partial charge in [-0.3, -0.25) is 4.90 Å². The summed E-state index contributed by atoms with van der Waals surface area (Å²) in [6.07, 6.45) is 5.68. The summed E-state index contributed by atoms with van der Waals surface area (Å²) in [5.74, 6) is 0. The van der Waals surface area contributed by atoms with Crippen molar-refractivity contribution in [3.63, 3.8) is 0 Å². The molecule has 0 radical (unpaired) electrons. The minimum absolute atomic E-state index is 0.554. The number of hydrogen-bond donors (Lipinski definition) is 1. The van der Waals surface area contributed by atoms with E-state index in [4.69, 9.17) is 5.73 Å². The zero-order valence-electron chi connectivity index (χ0n) is 10.8. The van der Waals surface area contributed by atoms with Crippen LogP contribution in [0.15, 0.2) is 5.38 Å². The summed E-state index contributed by atoms with van der Waals surface area (Å²) in [4.78, 5) is 9.67. The fraction of sp³-hybridized carbons (Fsp3) is 0.769. The second-order valence-electron chi connectivity index (χ2n) is 5.29. The van der Waals surface area contributed by atoms with Crippen LogP contribution in [-0.4, -0.2) is 42.1 Å². The maximum Gasteiger partial charge on any atom is 0.185 e. The summed E-state index contributed by atoms with van der Waals surface area (Å²) in [5, 5.41) is 3.24. The van der Waals surface area contributed by atoms with Gasteiger partial charge in [0.15, 0.2) is 5.13 Å². The number of thiazole rings is 1. The molecule has 0 amide bonds. The molecule has 18 heavy (non-hydrogen) atoms. The molecule has 5 heteroatoms. The van der Waals surface area contributed by atoms with E-state index in [0.29, 0.717) is 6.54 Å². The number of rotatable bonds is 3. The number of anilines is 1. The Bertz CT molecular complexity index is 378. The van der Waals surface area contributed by atoms with Crippen molar-refractivity contribution in [2.45, 2.75) is 38.3 Å². The van der Waals surface area contributed by atoms with Gasteiger partial charge in [0.05, 0.1) is 5.69 Å². The van der Waals surface area contributed by atoms with E-state index < -0.39 is 0 Å². The molecule has 1 saturated carbocycles. The Hall–Kier alpha value is -0.650. The smallest absolute Gasteiger partial charge is 0.185 e. The number of hydrogen-bond acceptors (Lipinski definition) is 5. The van der Waals surface area contributed by atoms with Gasteiger partial charge in [-0.1, -0.05) is 12.8 Å². The molecular weight excluding hydrogens is 244 g/mol. The van der Waals surface area contributed by atoms with Gasteiger partial charge in [-0.15, -0.1) is 11.3 Å². The van der Waals surface area contributed by atoms with Crippen LogP contribution >= 0.6 is 11.3 Å². The van der Waals surface area contributed by atoms with E-state index in [0.717, 1.165) is 30.0 Å². The highest BCUT2D eigenvalue weighted by molar-refractivity contribution is 7.13. The first-order chi connectivity index (χ1) is 8.86. The molecule has 3 rings (SSSR count). The summed E-state index contributed by atoms with van der Waals surface area (Å²) in [5.41, 5.74) is 6.64. The van der Waals surface area contributed by atoms with E-state index in [-0.39, 0.29) is 0 Å². The number of aromatic nitrogens is 1. The number of nitrogens with two attached hydrogens (primary N) is 1. The van der Waals surface area contributed by atoms with Crippen molar-refractivity contribution < 1.29 is 0 Å². The molecule has 4 nitrogen and oxygen atoms in total. The van der Waals surface area contributed by atoms with Gasteiger partial charge < -0.3 is 10.6 Å². The van der Waals surface area contributed by atoms with Crippen molar-refractivity contribution in [1.82, 2.24) is 9.88 Å². The van der Waals surface area contributed by atoms with Crippen molar-refractivity contribution in [2.75, 3.05) is 31.1 Å². The lowest BCUT2D eigenvalue weighted by Crippen LogP contribution is -2.49. The molecule has 100 valence electrons. The average molecular weight is 266 g/mol. The molecule has 0 unspecified atom stereocenters. The van der Waals surface area contributed by atoms with E-state index in [2.05, 4.69) is 20.2 Å². The van der Waals surface area contributed by atoms with Gasteiger partial charge in [0.2, 0.25) is 0 Å². The summed E-state index contributed by atoms with van der Waals surface area (Å²) in [6.45, 7) is 5.19. The lowest BCUT2D eigenvalue weighted by Gasteiger charge is -2.37. The first-order valence-electron chi connectivity index (χ1n) is 7.00. The van der Waals surface area contributed by atoms with Crippen molar-refractivity contribution in [1.29, 1.82) is 0 Å². The van der Waals surface area contributed by atoms with Crippen LogP contribution in [0.5, 0.6) is 0 Å². The van der Waals surface area contributed by atoms with Crippen LogP contribution in [0.25, 0.3) is 0 Å². The van der Waals surface area contributed by atoms with Crippen LogP contribution < -0.4 is 10.6 Å². The van der Waals surface area contributed by atoms with Gasteiger partial charge in [0.25, 0.3) is 0 Å². The SMILES string of the molecule is NCc1csc(N2CCN(C3CCCC3)CC2)n1. The molecule has 1 aliphatic heterocycles. The maximum absolute atomic E-state index is 5.61. The van der Waals surface area contributed by atoms with Gasteiger partial charge >= 0.3 is 0 Å². The zero-order valence-corrected chi connectivity index (χ0v) is 11.7. The molecule has 1 aromatic heterocycles. The quantitative estimate of drug-likeness (QED) is 0.904. The minimum Gasteiger partial charge on any atom is -0.346 e. The zero-order chi connectivity index (χ0) is 12.4. The van der Waals surface area contributed by atoms with E-state index in [9.17, 15) is 0 Å². The second kappa shape index (κ2) is 5.55. The first-order valence-corrected chi connectivity index (χ1v) is 7.88. The van der Waals surface area contributed by atoms with Gasteiger partial charge in [0, 0.05) is 44.1 Å². The Kier molecular flexibility index (Phi) is 3.82. The molecule has 0 aromatic carbocycles. The highest BCUT2D eigenvalue weighted by Gasteiger charge is 2.26. The third kappa shape index (κ3) is 2.53. The third-order valence-corrected chi connectivity index (χ3v) is 5.12. The maximum atomic E-state index is 5.61. The summed E-state index contributed by atoms with van der Waals surface area (Å²) in [6, 6.07) is 0.864. The van der Waals surface area contributed by atoms with Gasteiger partial charge in [0.1, 0.15) is 0 Å². The summed E-state index contributed by atoms with van der Waals surface area (Å²) in [7, 11) is 0. The average Bonchev–Trinajstić information content (AvgIpc) is 3.10. The Balaban J connectivity index is 1.55. The molecular formula is C13H22N4S. The number of nitrogens with zero attached hydrogens (tertiary/aromatic N) is 3. The Labute approximate surface area is 113 Å². The summed E-state index contributed by atoms with van der Waals surface area (Å²) >= 11 is 1.73. The Morgan fingerprint density at radius 1 is 1.22 bits per heavy atom. The molecule has 1 saturated heterocycles. The molecule has 2 heterocycles. The van der Waals surface area contributed by atoms with E-state index in [1.807, 2.05) is 0 Å². The van der Waals surface area contributed by atoms with Crippen LogP contribution in [0.1, 0.15) is 31.4 Å². The molecule has 0 spiro atoms. The topological polar surface area (TPSA) is 45.4 Å². The van der Waals surface area contributed by atoms with Crippen LogP contribution in [0.3, 0.4) is 0 Å². The molecule has 2 N–H and O–H groups in total. The number of piperazine rings is 1. The van der Waals surface area contributed by atoms with Gasteiger partial charge in [-0.2, -0.15) is 0 Å². The first kappa shape index (κ1) is 12.4. The van der Waals surface area contributed by atoms with Crippen molar-refractivity contribution >= 4 is 16.5 Å². The monoisotopic (exact) mass is 266 g/mol. The Morgan fingerprint density at radius 3 is 2.56 bits per heavy atom. The molecule has 2 aliphatic rings. The van der Waals surface area contributed by atoms with E-state index in [1.54, 1.807) is 11.3 Å². The predicted octanol–water partition coefficient (Wildman–Crippen LogP) is 1.67. The van der Waals surface area contributed by atoms with Crippen molar-refractivity contribution in [2.24, 2.45) is 5.73 Å². The lowest BCUT2D eigenvalue weighted by atomic mass is 10.2. The van der Waals surface area contributed by atoms with Gasteiger partial charge in [-0.25, -0.2) is 4.98 Å². The highest BCUT2D eigenvalue weighted by Crippen LogP contribution is 2.26. The molecule has 2 fully saturated rings. The molecule has 1 aliphatic carbocycles. The molecule has 0 atom stereocenters. The summed E-state index contributed by atoms with van der Waals surface area (Å²) < 4.78 is 0. The van der Waals surface area contributed by atoms with Gasteiger partial charge in [-0.05, 0) is 12.8 Å². The highest BCUT2D eigenvalue weighted by atomic mass is 32.1. The van der Waals surface area contributed by atoms with Crippen LogP contribution in [0, 0.1) is 0 Å². The minimum atomic E-state index is 0.554. The van der Waals surface area contributed by atoms with Crippen molar-refractivity contribution in [3.05, 3.63) is 11.1 Å². The standard InChI is InChI=1S/C13H22N4S/c14-9-11-10-18-13(15-11)17-7-5-16(6-8-17)12-3-1-2-4-12/h10,12H,1-9,14H2. The molecule has 0 bridgehead atoms. The largest absolute Gasteiger partial charge is 0.346 e. The van der Waals surface area contributed by atoms with E-state index in [1.165, 1.54) is 38.8 Å². The third-order valence-electron chi connectivity index (χ3n) is 4.17. The van der Waals surface area contributed by atoms with E-state index >= 15 is 0 Å².